The molecule has 0 aliphatic heterocycles. The number of nitro benzene ring substituents is 1. The van der Waals surface area contributed by atoms with Crippen molar-refractivity contribution in [3.8, 4) is 0 Å². The topological polar surface area (TPSA) is 55.2 Å². The lowest BCUT2D eigenvalue weighted by molar-refractivity contribution is -0.384. The zero-order valence-electron chi connectivity index (χ0n) is 10.9. The molecule has 21 heavy (non-hydrogen) atoms. The molecule has 0 spiro atoms. The molecular weight excluding hydrogens is 376 g/mol. The quantitative estimate of drug-likeness (QED) is 0.554. The minimum atomic E-state index is -0.471. The van der Waals surface area contributed by atoms with E-state index in [0.717, 1.165) is 28.7 Å². The number of nitrogens with zero attached hydrogens (tertiary/aromatic N) is 1. The number of aryl methyl sites for hydroxylation is 1. The van der Waals surface area contributed by atoms with E-state index >= 15 is 0 Å². The fourth-order valence-electron chi connectivity index (χ4n) is 2.62. The summed E-state index contributed by atoms with van der Waals surface area (Å²) >= 11 is 11.3. The molecule has 1 unspecified atom stereocenters. The van der Waals surface area contributed by atoms with Crippen molar-refractivity contribution in [2.24, 2.45) is 0 Å². The summed E-state index contributed by atoms with van der Waals surface area (Å²) < 4.78 is 1.14. The molecule has 4 nitrogen and oxygen atoms in total. The molecule has 1 aromatic carbocycles. The number of anilines is 1. The fraction of sp³-hybridized carbons (Fsp3) is 0.286. The van der Waals surface area contributed by atoms with Gasteiger partial charge >= 0.3 is 0 Å². The molecular formula is C14H12BrClN2O2S. The molecule has 1 aliphatic rings. The maximum atomic E-state index is 10.8. The summed E-state index contributed by atoms with van der Waals surface area (Å²) in [5.41, 5.74) is 2.06. The van der Waals surface area contributed by atoms with Crippen molar-refractivity contribution >= 4 is 50.2 Å². The van der Waals surface area contributed by atoms with Crippen LogP contribution >= 0.6 is 38.9 Å². The summed E-state index contributed by atoms with van der Waals surface area (Å²) in [6.45, 7) is 0. The SMILES string of the molecule is O=[N+]([O-])c1ccc(NC2CCCc3sc(Br)cc32)cc1Cl. The normalized spacial score (nSPS) is 17.3. The zero-order chi connectivity index (χ0) is 15.0. The number of nitro groups is 1. The van der Waals surface area contributed by atoms with Crippen LogP contribution in [0.2, 0.25) is 5.02 Å². The van der Waals surface area contributed by atoms with Crippen molar-refractivity contribution in [1.82, 2.24) is 0 Å². The van der Waals surface area contributed by atoms with Crippen molar-refractivity contribution in [2.75, 3.05) is 5.32 Å². The number of benzene rings is 1. The standard InChI is InChI=1S/C14H12BrClN2O2S/c15-14-7-9-11(2-1-3-13(9)21-14)17-8-4-5-12(18(19)20)10(16)6-8/h4-7,11,17H,1-3H2. The number of hydrogen-bond donors (Lipinski definition) is 1. The van der Waals surface area contributed by atoms with Crippen LogP contribution in [0.5, 0.6) is 0 Å². The Bertz CT molecular complexity index is 704. The van der Waals surface area contributed by atoms with Gasteiger partial charge in [0.05, 0.1) is 14.8 Å². The smallest absolute Gasteiger partial charge is 0.288 e. The Morgan fingerprint density at radius 3 is 2.95 bits per heavy atom. The highest BCUT2D eigenvalue weighted by atomic mass is 79.9. The lowest BCUT2D eigenvalue weighted by atomic mass is 9.94. The van der Waals surface area contributed by atoms with Crippen molar-refractivity contribution < 1.29 is 4.92 Å². The lowest BCUT2D eigenvalue weighted by Crippen LogP contribution is -2.15. The van der Waals surface area contributed by atoms with E-state index in [2.05, 4.69) is 27.3 Å². The predicted octanol–water partition coefficient (Wildman–Crippen LogP) is 5.56. The summed E-state index contributed by atoms with van der Waals surface area (Å²) in [5, 5.41) is 14.4. The fourth-order valence-corrected chi connectivity index (χ4v) is 4.69. The van der Waals surface area contributed by atoms with E-state index < -0.39 is 4.92 Å². The van der Waals surface area contributed by atoms with Gasteiger partial charge < -0.3 is 5.32 Å². The minimum absolute atomic E-state index is 0.0650. The number of halogens is 2. The third-order valence-electron chi connectivity index (χ3n) is 3.57. The summed E-state index contributed by atoms with van der Waals surface area (Å²) in [4.78, 5) is 11.7. The molecule has 2 aromatic rings. The zero-order valence-corrected chi connectivity index (χ0v) is 14.1. The molecule has 0 amide bonds. The predicted molar refractivity (Wildman–Crippen MR) is 89.4 cm³/mol. The van der Waals surface area contributed by atoms with Gasteiger partial charge in [-0.1, -0.05) is 11.6 Å². The van der Waals surface area contributed by atoms with Gasteiger partial charge in [-0.25, -0.2) is 0 Å². The van der Waals surface area contributed by atoms with Crippen LogP contribution in [0.1, 0.15) is 29.3 Å². The Labute approximate surface area is 139 Å². The number of nitrogens with one attached hydrogen (secondary N) is 1. The molecule has 7 heteroatoms. The first-order valence-corrected chi connectivity index (χ1v) is 8.52. The van der Waals surface area contributed by atoms with Gasteiger partial charge in [-0.05, 0) is 59.0 Å². The maximum absolute atomic E-state index is 10.8. The molecule has 110 valence electrons. The summed E-state index contributed by atoms with van der Waals surface area (Å²) in [7, 11) is 0. The second kappa shape index (κ2) is 5.94. The van der Waals surface area contributed by atoms with Crippen LogP contribution in [0.25, 0.3) is 0 Å². The van der Waals surface area contributed by atoms with Gasteiger partial charge in [0.15, 0.2) is 0 Å². The molecule has 0 fully saturated rings. The average Bonchev–Trinajstić information content (AvgIpc) is 2.80. The van der Waals surface area contributed by atoms with Crippen molar-refractivity contribution in [2.45, 2.75) is 25.3 Å². The molecule has 1 aromatic heterocycles. The van der Waals surface area contributed by atoms with E-state index in [1.54, 1.807) is 23.5 Å². The third-order valence-corrected chi connectivity index (χ3v) is 5.59. The average molecular weight is 388 g/mol. The monoisotopic (exact) mass is 386 g/mol. The first-order valence-electron chi connectivity index (χ1n) is 6.53. The second-order valence-electron chi connectivity index (χ2n) is 4.94. The first-order chi connectivity index (χ1) is 10.0. The van der Waals surface area contributed by atoms with Crippen LogP contribution < -0.4 is 5.32 Å². The highest BCUT2D eigenvalue weighted by Gasteiger charge is 2.23. The molecule has 0 bridgehead atoms. The van der Waals surface area contributed by atoms with Crippen molar-refractivity contribution in [3.63, 3.8) is 0 Å². The van der Waals surface area contributed by atoms with Gasteiger partial charge in [-0.15, -0.1) is 11.3 Å². The molecule has 1 atom stereocenters. The van der Waals surface area contributed by atoms with E-state index in [1.165, 1.54) is 16.5 Å². The largest absolute Gasteiger partial charge is 0.378 e. The van der Waals surface area contributed by atoms with E-state index in [0.29, 0.717) is 0 Å². The van der Waals surface area contributed by atoms with Crippen LogP contribution in [-0.2, 0) is 6.42 Å². The number of hydrogen-bond acceptors (Lipinski definition) is 4. The molecule has 1 aliphatic carbocycles. The van der Waals surface area contributed by atoms with E-state index in [4.69, 9.17) is 11.6 Å². The Balaban J connectivity index is 1.84. The van der Waals surface area contributed by atoms with Crippen LogP contribution in [0.3, 0.4) is 0 Å². The van der Waals surface area contributed by atoms with E-state index in [9.17, 15) is 10.1 Å². The number of thiophene rings is 1. The highest BCUT2D eigenvalue weighted by Crippen LogP contribution is 2.40. The van der Waals surface area contributed by atoms with Gasteiger partial charge in [0.25, 0.3) is 5.69 Å². The highest BCUT2D eigenvalue weighted by molar-refractivity contribution is 9.11. The number of fused-ring (bicyclic) bond motifs is 1. The molecule has 0 saturated heterocycles. The van der Waals surface area contributed by atoms with Gasteiger partial charge in [-0.3, -0.25) is 10.1 Å². The Hall–Kier alpha value is -1.11. The summed E-state index contributed by atoms with van der Waals surface area (Å²) in [6, 6.07) is 7.16. The Morgan fingerprint density at radius 2 is 2.24 bits per heavy atom. The lowest BCUT2D eigenvalue weighted by Gasteiger charge is -2.24. The van der Waals surface area contributed by atoms with Crippen LogP contribution in [0.15, 0.2) is 28.1 Å². The molecule has 0 saturated carbocycles. The molecule has 0 radical (unpaired) electrons. The summed E-state index contributed by atoms with van der Waals surface area (Å²) in [5.74, 6) is 0. The van der Waals surface area contributed by atoms with Gasteiger partial charge in [0.2, 0.25) is 0 Å². The number of rotatable bonds is 3. The Kier molecular flexibility index (Phi) is 4.19. The minimum Gasteiger partial charge on any atom is -0.378 e. The molecule has 3 rings (SSSR count). The molecule has 1 heterocycles. The van der Waals surface area contributed by atoms with Gasteiger partial charge in [0.1, 0.15) is 5.02 Å². The van der Waals surface area contributed by atoms with Crippen molar-refractivity contribution in [3.05, 3.63) is 53.6 Å². The molecule has 1 N–H and O–H groups in total. The van der Waals surface area contributed by atoms with Gasteiger partial charge in [-0.2, -0.15) is 0 Å². The van der Waals surface area contributed by atoms with E-state index in [1.807, 2.05) is 0 Å². The summed E-state index contributed by atoms with van der Waals surface area (Å²) in [6.07, 6.45) is 3.30. The Morgan fingerprint density at radius 1 is 1.43 bits per heavy atom. The second-order valence-corrected chi connectivity index (χ2v) is 7.86. The van der Waals surface area contributed by atoms with Crippen molar-refractivity contribution in [1.29, 1.82) is 0 Å². The van der Waals surface area contributed by atoms with Crippen LogP contribution in [0, 0.1) is 10.1 Å². The van der Waals surface area contributed by atoms with Crippen LogP contribution in [0.4, 0.5) is 11.4 Å². The van der Waals surface area contributed by atoms with E-state index in [-0.39, 0.29) is 16.8 Å². The van der Waals surface area contributed by atoms with Crippen LogP contribution in [-0.4, -0.2) is 4.92 Å². The van der Waals surface area contributed by atoms with Gasteiger partial charge in [0, 0.05) is 16.6 Å². The maximum Gasteiger partial charge on any atom is 0.288 e. The third kappa shape index (κ3) is 3.07. The first kappa shape index (κ1) is 14.8.